The zero-order valence-corrected chi connectivity index (χ0v) is 18.6. The zero-order chi connectivity index (χ0) is 24.2. The molecule has 0 radical (unpaired) electrons. The lowest BCUT2D eigenvalue weighted by Gasteiger charge is -2.20. The molecule has 2 N–H and O–H groups in total. The van der Waals surface area contributed by atoms with Gasteiger partial charge in [-0.2, -0.15) is 0 Å². The van der Waals surface area contributed by atoms with Crippen molar-refractivity contribution < 1.29 is 19.6 Å². The molecule has 0 spiro atoms. The minimum absolute atomic E-state index is 0.107. The number of benzene rings is 2. The third-order valence-electron chi connectivity index (χ3n) is 5.54. The van der Waals surface area contributed by atoms with Gasteiger partial charge in [0.15, 0.2) is 5.82 Å². The first-order valence-electron chi connectivity index (χ1n) is 10.9. The van der Waals surface area contributed by atoms with E-state index in [0.29, 0.717) is 30.0 Å². The Kier molecular flexibility index (Phi) is 6.73. The summed E-state index contributed by atoms with van der Waals surface area (Å²) >= 11 is 0. The highest BCUT2D eigenvalue weighted by Gasteiger charge is 2.22. The van der Waals surface area contributed by atoms with Crippen LogP contribution >= 0.6 is 0 Å². The van der Waals surface area contributed by atoms with E-state index in [1.165, 1.54) is 29.7 Å². The molecule has 178 valence electrons. The molecule has 1 atom stereocenters. The molecule has 0 bridgehead atoms. The third-order valence-corrected chi connectivity index (χ3v) is 5.54. The van der Waals surface area contributed by atoms with Crippen LogP contribution in [0.5, 0.6) is 5.75 Å². The minimum Gasteiger partial charge on any atom is -0.491 e. The first-order valence-corrected chi connectivity index (χ1v) is 10.9. The Balaban J connectivity index is 1.58. The van der Waals surface area contributed by atoms with Crippen LogP contribution in [0.25, 0.3) is 11.0 Å². The van der Waals surface area contributed by atoms with Crippen LogP contribution in [-0.2, 0) is 11.3 Å². The molecule has 34 heavy (non-hydrogen) atoms. The summed E-state index contributed by atoms with van der Waals surface area (Å²) in [5.74, 6) is 0.571. The number of carbonyl (C=O) groups is 1. The van der Waals surface area contributed by atoms with Gasteiger partial charge in [0.2, 0.25) is 5.91 Å². The summed E-state index contributed by atoms with van der Waals surface area (Å²) in [7, 11) is 0. The van der Waals surface area contributed by atoms with E-state index in [4.69, 9.17) is 4.74 Å². The molecule has 1 aliphatic heterocycles. The lowest BCUT2D eigenvalue weighted by molar-refractivity contribution is -0.384. The van der Waals surface area contributed by atoms with Gasteiger partial charge >= 0.3 is 0 Å². The number of hydrogen-bond acceptors (Lipinski definition) is 8. The fraction of sp³-hybridized carbons (Fsp3) is 0.348. The maximum atomic E-state index is 13.3. The standard InChI is InChI=1S/C23H25N5O6/c1-15(29)24-16-4-7-19(8-5-16)34-14-18(30)13-27-21-12-17(28(32)33)6-9-20(21)25-22(23(27)31)26-10-2-3-11-26/h4-9,12,18,30H,2-3,10-11,13-14H2,1H3,(H,24,29)/t18-/m1/s1. The lowest BCUT2D eigenvalue weighted by Crippen LogP contribution is -2.35. The van der Waals surface area contributed by atoms with Gasteiger partial charge in [-0.05, 0) is 43.2 Å². The van der Waals surface area contributed by atoms with Crippen LogP contribution in [0.2, 0.25) is 0 Å². The summed E-state index contributed by atoms with van der Waals surface area (Å²) in [6.07, 6.45) is 0.844. The fourth-order valence-electron chi connectivity index (χ4n) is 3.94. The van der Waals surface area contributed by atoms with Crippen LogP contribution in [0.4, 0.5) is 17.2 Å². The molecule has 0 saturated carbocycles. The molecule has 4 rings (SSSR count). The first kappa shape index (κ1) is 23.2. The van der Waals surface area contributed by atoms with Gasteiger partial charge in [0, 0.05) is 37.8 Å². The van der Waals surface area contributed by atoms with Crippen LogP contribution in [0, 0.1) is 10.1 Å². The number of ether oxygens (including phenoxy) is 1. The fourth-order valence-corrected chi connectivity index (χ4v) is 3.94. The Labute approximate surface area is 194 Å². The van der Waals surface area contributed by atoms with Gasteiger partial charge in [0.1, 0.15) is 18.5 Å². The summed E-state index contributed by atoms with van der Waals surface area (Å²) < 4.78 is 6.96. The van der Waals surface area contributed by atoms with Crippen molar-refractivity contribution >= 4 is 34.1 Å². The van der Waals surface area contributed by atoms with E-state index < -0.39 is 16.6 Å². The lowest BCUT2D eigenvalue weighted by atomic mass is 10.2. The molecule has 1 amide bonds. The molecular formula is C23H25N5O6. The van der Waals surface area contributed by atoms with Crippen LogP contribution in [0.15, 0.2) is 47.3 Å². The van der Waals surface area contributed by atoms with E-state index in [0.717, 1.165) is 12.8 Å². The molecular weight excluding hydrogens is 442 g/mol. The Morgan fingerprint density at radius 1 is 1.24 bits per heavy atom. The van der Waals surface area contributed by atoms with Crippen molar-refractivity contribution in [1.29, 1.82) is 0 Å². The van der Waals surface area contributed by atoms with Crippen molar-refractivity contribution in [3.8, 4) is 5.75 Å². The molecule has 1 aliphatic rings. The second-order valence-electron chi connectivity index (χ2n) is 8.15. The molecule has 2 heterocycles. The highest BCUT2D eigenvalue weighted by Crippen LogP contribution is 2.23. The monoisotopic (exact) mass is 467 g/mol. The smallest absolute Gasteiger partial charge is 0.294 e. The highest BCUT2D eigenvalue weighted by atomic mass is 16.6. The van der Waals surface area contributed by atoms with Gasteiger partial charge in [-0.15, -0.1) is 0 Å². The number of non-ortho nitro benzene ring substituents is 1. The third kappa shape index (κ3) is 5.15. The maximum Gasteiger partial charge on any atom is 0.294 e. The van der Waals surface area contributed by atoms with Crippen LogP contribution < -0.4 is 20.5 Å². The number of fused-ring (bicyclic) bond motifs is 1. The van der Waals surface area contributed by atoms with Crippen molar-refractivity contribution in [1.82, 2.24) is 9.55 Å². The summed E-state index contributed by atoms with van der Waals surface area (Å²) in [4.78, 5) is 41.5. The normalized spacial score (nSPS) is 14.2. The highest BCUT2D eigenvalue weighted by molar-refractivity contribution is 5.88. The predicted octanol–water partition coefficient (Wildman–Crippen LogP) is 2.30. The number of hydrogen-bond donors (Lipinski definition) is 2. The second kappa shape index (κ2) is 9.87. The van der Waals surface area contributed by atoms with Crippen LogP contribution in [-0.4, -0.2) is 51.3 Å². The summed E-state index contributed by atoms with van der Waals surface area (Å²) in [5.41, 5.74) is 0.760. The molecule has 1 aromatic heterocycles. The van der Waals surface area contributed by atoms with E-state index in [-0.39, 0.29) is 36.1 Å². The number of nitro groups is 1. The van der Waals surface area contributed by atoms with Crippen molar-refractivity contribution in [3.05, 3.63) is 62.9 Å². The van der Waals surface area contributed by atoms with Gasteiger partial charge < -0.3 is 24.6 Å². The number of nitro benzene ring substituents is 1. The molecule has 1 saturated heterocycles. The van der Waals surface area contributed by atoms with Crippen molar-refractivity contribution in [3.63, 3.8) is 0 Å². The quantitative estimate of drug-likeness (QED) is 0.380. The Morgan fingerprint density at radius 2 is 1.94 bits per heavy atom. The molecule has 0 unspecified atom stereocenters. The second-order valence-corrected chi connectivity index (χ2v) is 8.15. The summed E-state index contributed by atoms with van der Waals surface area (Å²) in [5, 5.41) is 24.6. The van der Waals surface area contributed by atoms with Gasteiger partial charge in [0.05, 0.1) is 22.5 Å². The van der Waals surface area contributed by atoms with Gasteiger partial charge in [0.25, 0.3) is 11.2 Å². The number of aliphatic hydroxyl groups excluding tert-OH is 1. The molecule has 0 aliphatic carbocycles. The summed E-state index contributed by atoms with van der Waals surface area (Å²) in [6, 6.07) is 10.8. The average Bonchev–Trinajstić information content (AvgIpc) is 3.34. The largest absolute Gasteiger partial charge is 0.491 e. The number of anilines is 2. The molecule has 1 fully saturated rings. The Bertz CT molecular complexity index is 1270. The van der Waals surface area contributed by atoms with Gasteiger partial charge in [-0.3, -0.25) is 19.7 Å². The van der Waals surface area contributed by atoms with E-state index in [1.54, 1.807) is 24.3 Å². The number of amides is 1. The Hall–Kier alpha value is -3.99. The SMILES string of the molecule is CC(=O)Nc1ccc(OC[C@H](O)Cn2c(=O)c(N3CCCC3)nc3ccc([N+](=O)[O-])cc32)cc1. The van der Waals surface area contributed by atoms with Crippen molar-refractivity contribution in [2.24, 2.45) is 0 Å². The predicted molar refractivity (Wildman–Crippen MR) is 126 cm³/mol. The average molecular weight is 467 g/mol. The molecule has 2 aromatic carbocycles. The molecule has 3 aromatic rings. The molecule has 11 heteroatoms. The van der Waals surface area contributed by atoms with E-state index in [1.807, 2.05) is 4.90 Å². The topological polar surface area (TPSA) is 140 Å². The number of nitrogens with zero attached hydrogens (tertiary/aromatic N) is 4. The van der Waals surface area contributed by atoms with Crippen LogP contribution in [0.3, 0.4) is 0 Å². The molecule has 11 nitrogen and oxygen atoms in total. The van der Waals surface area contributed by atoms with E-state index >= 15 is 0 Å². The first-order chi connectivity index (χ1) is 16.3. The zero-order valence-electron chi connectivity index (χ0n) is 18.6. The van der Waals surface area contributed by atoms with Crippen molar-refractivity contribution in [2.45, 2.75) is 32.4 Å². The summed E-state index contributed by atoms with van der Waals surface area (Å²) in [6.45, 7) is 2.60. The van der Waals surface area contributed by atoms with E-state index in [9.17, 15) is 24.8 Å². The van der Waals surface area contributed by atoms with Gasteiger partial charge in [-0.1, -0.05) is 0 Å². The Morgan fingerprint density at radius 3 is 2.59 bits per heavy atom. The van der Waals surface area contributed by atoms with E-state index in [2.05, 4.69) is 10.3 Å². The number of aromatic nitrogens is 2. The number of carbonyl (C=O) groups excluding carboxylic acids is 1. The van der Waals surface area contributed by atoms with Gasteiger partial charge in [-0.25, -0.2) is 4.98 Å². The number of nitrogens with one attached hydrogen (secondary N) is 1. The number of rotatable bonds is 8. The number of aliphatic hydroxyl groups is 1. The van der Waals surface area contributed by atoms with Crippen molar-refractivity contribution in [2.75, 3.05) is 29.9 Å². The maximum absolute atomic E-state index is 13.3. The minimum atomic E-state index is -1.07. The van der Waals surface area contributed by atoms with Crippen LogP contribution in [0.1, 0.15) is 19.8 Å².